The Morgan fingerprint density at radius 2 is 2.10 bits per heavy atom. The summed E-state index contributed by atoms with van der Waals surface area (Å²) in [6, 6.07) is 4.84. The van der Waals surface area contributed by atoms with Gasteiger partial charge in [-0.3, -0.25) is 0 Å². The molecule has 0 aliphatic heterocycles. The quantitative estimate of drug-likeness (QED) is 0.484. The topological polar surface area (TPSA) is 25.8 Å². The zero-order valence-electron chi connectivity index (χ0n) is 18.3. The Labute approximate surface area is 180 Å². The van der Waals surface area contributed by atoms with Gasteiger partial charge in [0.05, 0.1) is 5.69 Å². The molecule has 3 unspecified atom stereocenters. The molecule has 0 fully saturated rings. The van der Waals surface area contributed by atoms with E-state index >= 15 is 0 Å². The molecule has 1 aromatic heterocycles. The molecule has 2 bridgehead atoms. The highest BCUT2D eigenvalue weighted by Crippen LogP contribution is 2.44. The summed E-state index contributed by atoms with van der Waals surface area (Å²) in [6.45, 7) is 9.17. The summed E-state index contributed by atoms with van der Waals surface area (Å²) >= 11 is 6.26. The van der Waals surface area contributed by atoms with E-state index in [-0.39, 0.29) is 0 Å². The van der Waals surface area contributed by atoms with Crippen LogP contribution in [0.3, 0.4) is 0 Å². The van der Waals surface area contributed by atoms with Crippen molar-refractivity contribution >= 4 is 17.2 Å². The smallest absolute Gasteiger partial charge is 0.222 e. The summed E-state index contributed by atoms with van der Waals surface area (Å²) < 4.78 is 0. The summed E-state index contributed by atoms with van der Waals surface area (Å²) in [4.78, 5) is 8.94. The highest BCUT2D eigenvalue weighted by Gasteiger charge is 2.31. The Balaban J connectivity index is 1.97. The Morgan fingerprint density at radius 1 is 1.28 bits per heavy atom. The van der Waals surface area contributed by atoms with E-state index in [0.29, 0.717) is 23.0 Å². The Kier molecular flexibility index (Phi) is 6.11. The standard InChI is InChI=1S/C26H33ClN2/c1-5-6-8-16(2)21-12-11-19-9-7-10-20-14-22(19)24(21)23(13-17(20)3)25-18(4)15-28-26(27)29-25/h11-13,15-17,20H,5-10,14H2,1-4H3. The molecule has 0 radical (unpaired) electrons. The largest absolute Gasteiger partial charge is 0.226 e. The molecule has 3 heteroatoms. The minimum Gasteiger partial charge on any atom is -0.226 e. The van der Waals surface area contributed by atoms with E-state index in [2.05, 4.69) is 50.9 Å². The van der Waals surface area contributed by atoms with Crippen LogP contribution in [-0.4, -0.2) is 9.97 Å². The number of benzene rings is 1. The summed E-state index contributed by atoms with van der Waals surface area (Å²) in [5.74, 6) is 1.80. The second-order valence-corrected chi connectivity index (χ2v) is 9.52. The summed E-state index contributed by atoms with van der Waals surface area (Å²) in [7, 11) is 0. The fraction of sp³-hybridized carbons (Fsp3) is 0.538. The average Bonchev–Trinajstić information content (AvgIpc) is 3.01. The lowest BCUT2D eigenvalue weighted by atomic mass is 9.81. The lowest BCUT2D eigenvalue weighted by molar-refractivity contribution is 0.391. The van der Waals surface area contributed by atoms with Crippen LogP contribution in [0.15, 0.2) is 24.4 Å². The number of aromatic nitrogens is 2. The van der Waals surface area contributed by atoms with Crippen molar-refractivity contribution in [2.75, 3.05) is 0 Å². The summed E-state index contributed by atoms with van der Waals surface area (Å²) in [6.07, 6.45) is 13.1. The second-order valence-electron chi connectivity index (χ2n) is 9.18. The van der Waals surface area contributed by atoms with E-state index < -0.39 is 0 Å². The molecule has 1 heterocycles. The van der Waals surface area contributed by atoms with E-state index in [4.69, 9.17) is 16.6 Å². The first-order chi connectivity index (χ1) is 14.0. The van der Waals surface area contributed by atoms with Crippen LogP contribution in [0.1, 0.15) is 92.3 Å². The van der Waals surface area contributed by atoms with E-state index in [1.54, 1.807) is 11.1 Å². The lowest BCUT2D eigenvalue weighted by Crippen LogP contribution is -2.11. The van der Waals surface area contributed by atoms with Crippen LogP contribution in [0.25, 0.3) is 5.57 Å². The van der Waals surface area contributed by atoms with Crippen LogP contribution in [0.5, 0.6) is 0 Å². The molecule has 3 atom stereocenters. The van der Waals surface area contributed by atoms with Crippen molar-refractivity contribution in [1.82, 2.24) is 9.97 Å². The maximum Gasteiger partial charge on any atom is 0.222 e. The molecule has 2 aromatic rings. The van der Waals surface area contributed by atoms with Gasteiger partial charge in [-0.1, -0.05) is 51.8 Å². The van der Waals surface area contributed by atoms with Gasteiger partial charge < -0.3 is 0 Å². The number of hydrogen-bond donors (Lipinski definition) is 0. The van der Waals surface area contributed by atoms with Gasteiger partial charge in [0.15, 0.2) is 0 Å². The molecule has 0 saturated carbocycles. The Hall–Kier alpha value is -1.67. The number of allylic oxidation sites excluding steroid dienone is 1. The van der Waals surface area contributed by atoms with Crippen molar-refractivity contribution in [3.63, 3.8) is 0 Å². The van der Waals surface area contributed by atoms with Crippen molar-refractivity contribution in [2.45, 2.75) is 78.6 Å². The number of fused-ring (bicyclic) bond motifs is 1. The van der Waals surface area contributed by atoms with Crippen LogP contribution in [-0.2, 0) is 12.8 Å². The van der Waals surface area contributed by atoms with Crippen molar-refractivity contribution in [1.29, 1.82) is 0 Å². The molecule has 29 heavy (non-hydrogen) atoms. The van der Waals surface area contributed by atoms with Crippen molar-refractivity contribution < 1.29 is 0 Å². The highest BCUT2D eigenvalue weighted by molar-refractivity contribution is 6.28. The van der Waals surface area contributed by atoms with Crippen LogP contribution < -0.4 is 0 Å². The number of aryl methyl sites for hydroxylation is 2. The summed E-state index contributed by atoms with van der Waals surface area (Å²) in [5, 5.41) is 0.338. The minimum atomic E-state index is 0.338. The molecule has 1 aromatic carbocycles. The molecule has 0 spiro atoms. The number of nitrogens with zero attached hydrogens (tertiary/aromatic N) is 2. The lowest BCUT2D eigenvalue weighted by Gasteiger charge is -2.23. The molecular weight excluding hydrogens is 376 g/mol. The Bertz CT molecular complexity index is 931. The molecule has 4 rings (SSSR count). The van der Waals surface area contributed by atoms with Gasteiger partial charge in [0.1, 0.15) is 0 Å². The van der Waals surface area contributed by atoms with Gasteiger partial charge in [-0.2, -0.15) is 0 Å². The minimum absolute atomic E-state index is 0.338. The van der Waals surface area contributed by atoms with E-state index in [9.17, 15) is 0 Å². The molecule has 154 valence electrons. The number of halogens is 1. The number of rotatable bonds is 5. The SMILES string of the molecule is CCCCC(C)c1ccc2c3c1C(c1nc(Cl)ncc1C)=CC(C)C(CCC2)C3. The summed E-state index contributed by atoms with van der Waals surface area (Å²) in [5.41, 5.74) is 9.49. The fourth-order valence-corrected chi connectivity index (χ4v) is 5.44. The van der Waals surface area contributed by atoms with Gasteiger partial charge in [0.25, 0.3) is 0 Å². The van der Waals surface area contributed by atoms with Crippen LogP contribution >= 0.6 is 11.6 Å². The van der Waals surface area contributed by atoms with Gasteiger partial charge >= 0.3 is 0 Å². The van der Waals surface area contributed by atoms with Gasteiger partial charge in [-0.25, -0.2) is 9.97 Å². The third kappa shape index (κ3) is 4.01. The predicted molar refractivity (Wildman–Crippen MR) is 123 cm³/mol. The van der Waals surface area contributed by atoms with E-state index in [1.807, 2.05) is 6.20 Å². The molecule has 2 nitrogen and oxygen atoms in total. The van der Waals surface area contributed by atoms with Crippen molar-refractivity contribution in [2.24, 2.45) is 11.8 Å². The Morgan fingerprint density at radius 3 is 2.90 bits per heavy atom. The average molecular weight is 409 g/mol. The first-order valence-electron chi connectivity index (χ1n) is 11.4. The highest BCUT2D eigenvalue weighted by atomic mass is 35.5. The van der Waals surface area contributed by atoms with Crippen molar-refractivity contribution in [3.05, 3.63) is 63.2 Å². The molecule has 2 aliphatic rings. The zero-order chi connectivity index (χ0) is 20.5. The third-order valence-corrected chi connectivity index (χ3v) is 7.27. The van der Waals surface area contributed by atoms with Gasteiger partial charge in [0, 0.05) is 11.8 Å². The zero-order valence-corrected chi connectivity index (χ0v) is 19.0. The van der Waals surface area contributed by atoms with Crippen LogP contribution in [0.2, 0.25) is 5.28 Å². The van der Waals surface area contributed by atoms with Gasteiger partial charge in [0.2, 0.25) is 5.28 Å². The van der Waals surface area contributed by atoms with Crippen LogP contribution in [0.4, 0.5) is 0 Å². The van der Waals surface area contributed by atoms with Gasteiger partial charge in [-0.15, -0.1) is 0 Å². The molecule has 2 aliphatic carbocycles. The van der Waals surface area contributed by atoms with Crippen LogP contribution in [0, 0.1) is 18.8 Å². The van der Waals surface area contributed by atoms with E-state index in [1.165, 1.54) is 61.6 Å². The molecule has 0 amide bonds. The molecular formula is C26H33ClN2. The number of hydrogen-bond acceptors (Lipinski definition) is 2. The van der Waals surface area contributed by atoms with Gasteiger partial charge in [-0.05, 0) is 96.2 Å². The molecule has 0 N–H and O–H groups in total. The number of unbranched alkanes of at least 4 members (excludes halogenated alkanes) is 1. The molecule has 0 saturated heterocycles. The third-order valence-electron chi connectivity index (χ3n) is 7.09. The monoisotopic (exact) mass is 408 g/mol. The van der Waals surface area contributed by atoms with Crippen molar-refractivity contribution in [3.8, 4) is 0 Å². The first kappa shape index (κ1) is 20.6. The maximum absolute atomic E-state index is 6.26. The fourth-order valence-electron chi connectivity index (χ4n) is 5.31. The predicted octanol–water partition coefficient (Wildman–Crippen LogP) is 7.31. The van der Waals surface area contributed by atoms with E-state index in [0.717, 1.165) is 11.3 Å². The maximum atomic E-state index is 6.26. The second kappa shape index (κ2) is 8.60. The first-order valence-corrected chi connectivity index (χ1v) is 11.7. The normalized spacial score (nSPS) is 21.9.